The molecule has 0 aromatic heterocycles. The second-order valence-electron chi connectivity index (χ2n) is 4.42. The number of rotatable bonds is 4. The summed E-state index contributed by atoms with van der Waals surface area (Å²) in [6.07, 6.45) is 0. The van der Waals surface area contributed by atoms with Crippen molar-refractivity contribution < 1.29 is 21.6 Å². The predicted octanol–water partition coefficient (Wildman–Crippen LogP) is 2.89. The third-order valence-corrected chi connectivity index (χ3v) is 4.42. The van der Waals surface area contributed by atoms with E-state index in [0.29, 0.717) is 17.7 Å². The number of aryl methyl sites for hydroxylation is 1. The quantitative estimate of drug-likeness (QED) is 0.882. The van der Waals surface area contributed by atoms with Crippen LogP contribution in [-0.2, 0) is 16.6 Å². The number of halogens is 3. The summed E-state index contributed by atoms with van der Waals surface area (Å²) in [5.74, 6) is -4.98. The minimum Gasteiger partial charge on any atom is -0.207 e. The second-order valence-corrected chi connectivity index (χ2v) is 6.16. The van der Waals surface area contributed by atoms with Crippen molar-refractivity contribution in [2.45, 2.75) is 18.4 Å². The molecule has 0 bridgehead atoms. The maximum Gasteiger partial charge on any atom is 0.243 e. The van der Waals surface area contributed by atoms with Crippen molar-refractivity contribution in [1.82, 2.24) is 4.72 Å². The summed E-state index contributed by atoms with van der Waals surface area (Å²) < 4.78 is 65.5. The van der Waals surface area contributed by atoms with Gasteiger partial charge in [0.1, 0.15) is 4.90 Å². The summed E-state index contributed by atoms with van der Waals surface area (Å²) in [4.78, 5) is -0.921. The average Bonchev–Trinajstić information content (AvgIpc) is 2.44. The highest BCUT2D eigenvalue weighted by Crippen LogP contribution is 2.20. The van der Waals surface area contributed by atoms with Crippen LogP contribution in [0, 0.1) is 24.4 Å². The van der Waals surface area contributed by atoms with Gasteiger partial charge in [0.15, 0.2) is 17.5 Å². The molecule has 0 aliphatic heterocycles. The fraction of sp³-hybridized carbons (Fsp3) is 0.143. The summed E-state index contributed by atoms with van der Waals surface area (Å²) in [5, 5.41) is 0. The number of nitrogens with one attached hydrogen (secondary N) is 1. The van der Waals surface area contributed by atoms with Gasteiger partial charge in [0, 0.05) is 6.54 Å². The monoisotopic (exact) mass is 315 g/mol. The van der Waals surface area contributed by atoms with Gasteiger partial charge in [-0.05, 0) is 30.2 Å². The average molecular weight is 315 g/mol. The number of hydrogen-bond donors (Lipinski definition) is 1. The van der Waals surface area contributed by atoms with Gasteiger partial charge in [-0.1, -0.05) is 24.3 Å². The van der Waals surface area contributed by atoms with E-state index in [1.54, 1.807) is 31.2 Å². The minimum atomic E-state index is -4.28. The van der Waals surface area contributed by atoms with Gasteiger partial charge in [-0.2, -0.15) is 0 Å². The van der Waals surface area contributed by atoms with Gasteiger partial charge >= 0.3 is 0 Å². The highest BCUT2D eigenvalue weighted by molar-refractivity contribution is 7.89. The molecular formula is C14H12F3NO2S. The van der Waals surface area contributed by atoms with Crippen LogP contribution in [0.3, 0.4) is 0 Å². The molecule has 7 heteroatoms. The van der Waals surface area contributed by atoms with Crippen LogP contribution in [0.15, 0.2) is 41.3 Å². The lowest BCUT2D eigenvalue weighted by atomic mass is 10.1. The minimum absolute atomic E-state index is 0.0760. The van der Waals surface area contributed by atoms with Crippen molar-refractivity contribution in [3.8, 4) is 0 Å². The van der Waals surface area contributed by atoms with E-state index in [0.717, 1.165) is 5.56 Å². The lowest BCUT2D eigenvalue weighted by Gasteiger charge is -2.10. The van der Waals surface area contributed by atoms with Gasteiger partial charge in [0.25, 0.3) is 0 Å². The molecule has 2 aromatic carbocycles. The second kappa shape index (κ2) is 5.87. The largest absolute Gasteiger partial charge is 0.243 e. The van der Waals surface area contributed by atoms with Crippen LogP contribution in [0.4, 0.5) is 13.2 Å². The number of sulfonamides is 1. The summed E-state index contributed by atoms with van der Waals surface area (Å²) in [6, 6.07) is 8.28. The van der Waals surface area contributed by atoms with Crippen molar-refractivity contribution in [3.63, 3.8) is 0 Å². The van der Waals surface area contributed by atoms with Crippen LogP contribution < -0.4 is 4.72 Å². The topological polar surface area (TPSA) is 46.2 Å². The van der Waals surface area contributed by atoms with Gasteiger partial charge in [-0.3, -0.25) is 0 Å². The van der Waals surface area contributed by atoms with Crippen LogP contribution in [-0.4, -0.2) is 8.42 Å². The maximum atomic E-state index is 13.5. The molecule has 21 heavy (non-hydrogen) atoms. The Bertz CT molecular complexity index is 776. The van der Waals surface area contributed by atoms with Crippen molar-refractivity contribution in [2.24, 2.45) is 0 Å². The van der Waals surface area contributed by atoms with Crippen molar-refractivity contribution >= 4 is 10.0 Å². The van der Waals surface area contributed by atoms with E-state index < -0.39 is 32.4 Å². The van der Waals surface area contributed by atoms with Crippen LogP contribution in [0.5, 0.6) is 0 Å². The molecule has 0 saturated carbocycles. The first-order chi connectivity index (χ1) is 9.83. The van der Waals surface area contributed by atoms with Gasteiger partial charge < -0.3 is 0 Å². The zero-order valence-corrected chi connectivity index (χ0v) is 11.8. The van der Waals surface area contributed by atoms with E-state index in [4.69, 9.17) is 0 Å². The molecule has 0 radical (unpaired) electrons. The van der Waals surface area contributed by atoms with Gasteiger partial charge in [0.05, 0.1) is 0 Å². The number of hydrogen-bond acceptors (Lipinski definition) is 2. The van der Waals surface area contributed by atoms with E-state index in [1.165, 1.54) is 0 Å². The zero-order valence-electron chi connectivity index (χ0n) is 11.0. The highest BCUT2D eigenvalue weighted by Gasteiger charge is 2.23. The normalized spacial score (nSPS) is 11.6. The summed E-state index contributed by atoms with van der Waals surface area (Å²) in [5.41, 5.74) is 1.55. The Hall–Kier alpha value is -1.86. The van der Waals surface area contributed by atoms with Crippen molar-refractivity contribution in [2.75, 3.05) is 0 Å². The molecule has 0 heterocycles. The van der Waals surface area contributed by atoms with Crippen LogP contribution >= 0.6 is 0 Å². The first kappa shape index (κ1) is 15.5. The van der Waals surface area contributed by atoms with Crippen molar-refractivity contribution in [3.05, 3.63) is 65.0 Å². The Morgan fingerprint density at radius 2 is 1.67 bits per heavy atom. The Morgan fingerprint density at radius 1 is 1.00 bits per heavy atom. The molecule has 2 rings (SSSR count). The Balaban J connectivity index is 2.28. The van der Waals surface area contributed by atoms with Crippen LogP contribution in [0.25, 0.3) is 0 Å². The first-order valence-electron chi connectivity index (χ1n) is 6.00. The van der Waals surface area contributed by atoms with Crippen LogP contribution in [0.2, 0.25) is 0 Å². The predicted molar refractivity (Wildman–Crippen MR) is 71.5 cm³/mol. The Labute approximate surface area is 120 Å². The molecule has 0 saturated heterocycles. The fourth-order valence-corrected chi connectivity index (χ4v) is 2.85. The summed E-state index contributed by atoms with van der Waals surface area (Å²) in [7, 11) is -4.28. The SMILES string of the molecule is Cc1ccccc1CNS(=O)(=O)c1ccc(F)c(F)c1F. The van der Waals surface area contributed by atoms with E-state index in [1.807, 2.05) is 0 Å². The van der Waals surface area contributed by atoms with Crippen molar-refractivity contribution in [1.29, 1.82) is 0 Å². The maximum absolute atomic E-state index is 13.5. The standard InChI is InChI=1S/C14H12F3NO2S/c1-9-4-2-3-5-10(9)8-18-21(19,20)12-7-6-11(15)13(16)14(12)17/h2-7,18H,8H2,1H3. The van der Waals surface area contributed by atoms with E-state index >= 15 is 0 Å². The molecular weight excluding hydrogens is 303 g/mol. The third-order valence-electron chi connectivity index (χ3n) is 3.00. The Kier molecular flexibility index (Phi) is 4.34. The zero-order chi connectivity index (χ0) is 15.6. The fourth-order valence-electron chi connectivity index (χ4n) is 1.77. The molecule has 0 fully saturated rings. The molecule has 2 aromatic rings. The van der Waals surface area contributed by atoms with Gasteiger partial charge in [-0.15, -0.1) is 0 Å². The molecule has 0 unspecified atom stereocenters. The van der Waals surface area contributed by atoms with E-state index in [9.17, 15) is 21.6 Å². The molecule has 0 amide bonds. The molecule has 0 atom stereocenters. The summed E-state index contributed by atoms with van der Waals surface area (Å²) >= 11 is 0. The molecule has 0 aliphatic rings. The van der Waals surface area contributed by atoms with E-state index in [-0.39, 0.29) is 6.54 Å². The number of benzene rings is 2. The highest BCUT2D eigenvalue weighted by atomic mass is 32.2. The van der Waals surface area contributed by atoms with Crippen LogP contribution in [0.1, 0.15) is 11.1 Å². The molecule has 1 N–H and O–H groups in total. The molecule has 3 nitrogen and oxygen atoms in total. The lowest BCUT2D eigenvalue weighted by molar-refractivity contribution is 0.431. The van der Waals surface area contributed by atoms with Gasteiger partial charge in [0.2, 0.25) is 10.0 Å². The lowest BCUT2D eigenvalue weighted by Crippen LogP contribution is -2.25. The third kappa shape index (κ3) is 3.25. The molecule has 0 spiro atoms. The first-order valence-corrected chi connectivity index (χ1v) is 7.49. The van der Waals surface area contributed by atoms with Gasteiger partial charge in [-0.25, -0.2) is 26.3 Å². The molecule has 112 valence electrons. The van der Waals surface area contributed by atoms with E-state index in [2.05, 4.69) is 4.72 Å². The Morgan fingerprint density at radius 3 is 2.33 bits per heavy atom. The molecule has 0 aliphatic carbocycles. The summed E-state index contributed by atoms with van der Waals surface area (Å²) in [6.45, 7) is 1.72. The smallest absolute Gasteiger partial charge is 0.207 e.